The van der Waals surface area contributed by atoms with Crippen molar-refractivity contribution in [3.05, 3.63) is 34.9 Å². The average molecular weight is 212 g/mol. The van der Waals surface area contributed by atoms with E-state index in [1.54, 1.807) is 12.1 Å². The minimum atomic E-state index is 0.0635. The standard InChI is InChI=1S/C11H14ClNO/c1-8(7-13)6-11(14)9-4-2-3-5-10(9)12/h2-5,8H,6-7,13H2,1H3. The van der Waals surface area contributed by atoms with Gasteiger partial charge in [-0.05, 0) is 24.6 Å². The van der Waals surface area contributed by atoms with Crippen molar-refractivity contribution >= 4 is 17.4 Å². The molecule has 1 unspecified atom stereocenters. The van der Waals surface area contributed by atoms with Crippen molar-refractivity contribution in [3.63, 3.8) is 0 Å². The minimum absolute atomic E-state index is 0.0635. The maximum atomic E-state index is 11.7. The van der Waals surface area contributed by atoms with Crippen LogP contribution in [0.15, 0.2) is 24.3 Å². The lowest BCUT2D eigenvalue weighted by Crippen LogP contribution is -2.15. The highest BCUT2D eigenvalue weighted by molar-refractivity contribution is 6.33. The zero-order chi connectivity index (χ0) is 10.6. The van der Waals surface area contributed by atoms with E-state index in [4.69, 9.17) is 17.3 Å². The first-order chi connectivity index (χ1) is 6.65. The van der Waals surface area contributed by atoms with Crippen LogP contribution in [0, 0.1) is 5.92 Å². The van der Waals surface area contributed by atoms with E-state index in [0.717, 1.165) is 0 Å². The Morgan fingerprint density at radius 3 is 2.71 bits per heavy atom. The topological polar surface area (TPSA) is 43.1 Å². The fourth-order valence-electron chi connectivity index (χ4n) is 1.20. The predicted octanol–water partition coefficient (Wildman–Crippen LogP) is 2.51. The van der Waals surface area contributed by atoms with Gasteiger partial charge in [0, 0.05) is 12.0 Å². The van der Waals surface area contributed by atoms with Crippen LogP contribution < -0.4 is 5.73 Å². The Morgan fingerprint density at radius 2 is 2.14 bits per heavy atom. The number of rotatable bonds is 4. The molecule has 3 heteroatoms. The van der Waals surface area contributed by atoms with Gasteiger partial charge in [0.25, 0.3) is 0 Å². The van der Waals surface area contributed by atoms with Gasteiger partial charge in [-0.15, -0.1) is 0 Å². The van der Waals surface area contributed by atoms with Crippen LogP contribution in [0.3, 0.4) is 0 Å². The summed E-state index contributed by atoms with van der Waals surface area (Å²) in [6, 6.07) is 7.09. The molecule has 2 N–H and O–H groups in total. The smallest absolute Gasteiger partial charge is 0.164 e. The summed E-state index contributed by atoms with van der Waals surface area (Å²) < 4.78 is 0. The van der Waals surface area contributed by atoms with Crippen LogP contribution in [-0.2, 0) is 0 Å². The van der Waals surface area contributed by atoms with Gasteiger partial charge in [-0.25, -0.2) is 0 Å². The molecule has 0 radical (unpaired) electrons. The zero-order valence-electron chi connectivity index (χ0n) is 8.16. The van der Waals surface area contributed by atoms with Gasteiger partial charge in [0.2, 0.25) is 0 Å². The van der Waals surface area contributed by atoms with Gasteiger partial charge in [0.1, 0.15) is 0 Å². The van der Waals surface area contributed by atoms with E-state index in [0.29, 0.717) is 23.6 Å². The summed E-state index contributed by atoms with van der Waals surface area (Å²) in [5.74, 6) is 0.271. The number of hydrogen-bond acceptors (Lipinski definition) is 2. The molecule has 1 aromatic rings. The van der Waals surface area contributed by atoms with E-state index in [2.05, 4.69) is 0 Å². The van der Waals surface area contributed by atoms with Gasteiger partial charge in [0.05, 0.1) is 5.02 Å². The number of benzene rings is 1. The highest BCUT2D eigenvalue weighted by atomic mass is 35.5. The van der Waals surface area contributed by atoms with E-state index in [1.165, 1.54) is 0 Å². The maximum Gasteiger partial charge on any atom is 0.164 e. The fraction of sp³-hybridized carbons (Fsp3) is 0.364. The summed E-state index contributed by atoms with van der Waals surface area (Å²) in [5.41, 5.74) is 6.04. The molecule has 1 rings (SSSR count). The highest BCUT2D eigenvalue weighted by Gasteiger charge is 2.12. The Labute approximate surface area is 89.1 Å². The summed E-state index contributed by atoms with van der Waals surface area (Å²) in [7, 11) is 0. The number of nitrogens with two attached hydrogens (primary N) is 1. The summed E-state index contributed by atoms with van der Waals surface area (Å²) in [6.45, 7) is 2.48. The van der Waals surface area contributed by atoms with Crippen molar-refractivity contribution in [2.45, 2.75) is 13.3 Å². The van der Waals surface area contributed by atoms with Gasteiger partial charge < -0.3 is 5.73 Å². The molecule has 14 heavy (non-hydrogen) atoms. The second-order valence-corrected chi connectivity index (χ2v) is 3.86. The molecule has 0 aliphatic heterocycles. The van der Waals surface area contributed by atoms with Crippen LogP contribution in [0.25, 0.3) is 0 Å². The Morgan fingerprint density at radius 1 is 1.50 bits per heavy atom. The number of Topliss-reactive ketones (excluding diaryl/α,β-unsaturated/α-hetero) is 1. The number of ketones is 1. The van der Waals surface area contributed by atoms with Crippen molar-refractivity contribution < 1.29 is 4.79 Å². The lowest BCUT2D eigenvalue weighted by molar-refractivity contribution is 0.0966. The third kappa shape index (κ3) is 2.82. The highest BCUT2D eigenvalue weighted by Crippen LogP contribution is 2.18. The summed E-state index contributed by atoms with van der Waals surface area (Å²) >= 11 is 5.89. The Bertz CT molecular complexity index is 325. The minimum Gasteiger partial charge on any atom is -0.330 e. The molecular formula is C11H14ClNO. The fourth-order valence-corrected chi connectivity index (χ4v) is 1.44. The van der Waals surface area contributed by atoms with Crippen LogP contribution in [0.1, 0.15) is 23.7 Å². The lowest BCUT2D eigenvalue weighted by Gasteiger charge is -2.07. The van der Waals surface area contributed by atoms with E-state index in [-0.39, 0.29) is 11.7 Å². The van der Waals surface area contributed by atoms with Crippen molar-refractivity contribution in [2.75, 3.05) is 6.54 Å². The van der Waals surface area contributed by atoms with Gasteiger partial charge in [-0.3, -0.25) is 4.79 Å². The van der Waals surface area contributed by atoms with Gasteiger partial charge in [-0.1, -0.05) is 30.7 Å². The maximum absolute atomic E-state index is 11.7. The SMILES string of the molecule is CC(CN)CC(=O)c1ccccc1Cl. The molecule has 0 saturated heterocycles. The molecule has 0 fully saturated rings. The number of carbonyl (C=O) groups is 1. The molecule has 0 heterocycles. The molecule has 76 valence electrons. The molecule has 0 saturated carbocycles. The molecule has 0 aliphatic carbocycles. The van der Waals surface area contributed by atoms with Crippen LogP contribution in [0.2, 0.25) is 5.02 Å². The average Bonchev–Trinajstić information content (AvgIpc) is 2.18. The Kier molecular flexibility index (Phi) is 4.11. The van der Waals surface area contributed by atoms with Crippen LogP contribution in [0.5, 0.6) is 0 Å². The Hall–Kier alpha value is -0.860. The van der Waals surface area contributed by atoms with Crippen LogP contribution in [0.4, 0.5) is 0 Å². The van der Waals surface area contributed by atoms with E-state index in [9.17, 15) is 4.79 Å². The first kappa shape index (κ1) is 11.2. The monoisotopic (exact) mass is 211 g/mol. The molecule has 0 amide bonds. The van der Waals surface area contributed by atoms with Gasteiger partial charge >= 0.3 is 0 Å². The van der Waals surface area contributed by atoms with E-state index < -0.39 is 0 Å². The van der Waals surface area contributed by atoms with Gasteiger partial charge in [-0.2, -0.15) is 0 Å². The number of carbonyl (C=O) groups excluding carboxylic acids is 1. The molecular weight excluding hydrogens is 198 g/mol. The third-order valence-corrected chi connectivity index (χ3v) is 2.44. The van der Waals surface area contributed by atoms with Crippen molar-refractivity contribution in [1.82, 2.24) is 0 Å². The first-order valence-corrected chi connectivity index (χ1v) is 5.00. The summed E-state index contributed by atoms with van der Waals surface area (Å²) in [5, 5.41) is 0.515. The second-order valence-electron chi connectivity index (χ2n) is 3.45. The van der Waals surface area contributed by atoms with Crippen molar-refractivity contribution in [2.24, 2.45) is 11.7 Å². The number of halogens is 1. The largest absolute Gasteiger partial charge is 0.330 e. The Balaban J connectivity index is 2.75. The quantitative estimate of drug-likeness (QED) is 0.778. The summed E-state index contributed by atoms with van der Waals surface area (Å²) in [6.07, 6.45) is 0.459. The van der Waals surface area contributed by atoms with E-state index >= 15 is 0 Å². The molecule has 2 nitrogen and oxygen atoms in total. The van der Waals surface area contributed by atoms with Crippen molar-refractivity contribution in [1.29, 1.82) is 0 Å². The predicted molar refractivity (Wildman–Crippen MR) is 58.6 cm³/mol. The number of hydrogen-bond donors (Lipinski definition) is 1. The molecule has 0 bridgehead atoms. The molecule has 0 aromatic heterocycles. The van der Waals surface area contributed by atoms with Crippen molar-refractivity contribution in [3.8, 4) is 0 Å². The molecule has 0 aliphatic rings. The zero-order valence-corrected chi connectivity index (χ0v) is 8.92. The van der Waals surface area contributed by atoms with Gasteiger partial charge in [0.15, 0.2) is 5.78 Å². The normalized spacial score (nSPS) is 12.5. The second kappa shape index (κ2) is 5.13. The molecule has 1 atom stereocenters. The first-order valence-electron chi connectivity index (χ1n) is 4.63. The lowest BCUT2D eigenvalue weighted by atomic mass is 10.00. The molecule has 1 aromatic carbocycles. The van der Waals surface area contributed by atoms with E-state index in [1.807, 2.05) is 19.1 Å². The summed E-state index contributed by atoms with van der Waals surface area (Å²) in [4.78, 5) is 11.7. The third-order valence-electron chi connectivity index (χ3n) is 2.11. The van der Waals surface area contributed by atoms with Crippen LogP contribution >= 0.6 is 11.6 Å². The van der Waals surface area contributed by atoms with Crippen LogP contribution in [-0.4, -0.2) is 12.3 Å². The molecule has 0 spiro atoms.